The van der Waals surface area contributed by atoms with Crippen molar-refractivity contribution in [3.63, 3.8) is 0 Å². The van der Waals surface area contributed by atoms with Gasteiger partial charge in [0, 0.05) is 36.8 Å². The van der Waals surface area contributed by atoms with E-state index in [0.29, 0.717) is 31.0 Å². The molecule has 3 aliphatic carbocycles. The zero-order chi connectivity index (χ0) is 39.0. The number of carbonyl (C=O) groups is 3. The van der Waals surface area contributed by atoms with Crippen molar-refractivity contribution in [2.24, 2.45) is 17.3 Å². The van der Waals surface area contributed by atoms with E-state index in [-0.39, 0.29) is 43.6 Å². The lowest BCUT2D eigenvalue weighted by Crippen LogP contribution is -2.59. The van der Waals surface area contributed by atoms with Crippen molar-refractivity contribution in [2.75, 3.05) is 18.6 Å². The molecule has 0 spiro atoms. The van der Waals surface area contributed by atoms with Crippen molar-refractivity contribution in [1.29, 1.82) is 0 Å². The maximum absolute atomic E-state index is 14.6. The van der Waals surface area contributed by atoms with Crippen LogP contribution in [0, 0.1) is 17.3 Å². The van der Waals surface area contributed by atoms with Crippen LogP contribution in [-0.4, -0.2) is 77.7 Å². The van der Waals surface area contributed by atoms with Crippen molar-refractivity contribution in [1.82, 2.24) is 19.8 Å². The molecule has 2 aliphatic heterocycles. The largest absolute Gasteiger partial charge is 0.416 e. The number of nitrogens with one attached hydrogen (secondary N) is 3. The van der Waals surface area contributed by atoms with Crippen LogP contribution in [-0.2, 0) is 48.4 Å². The predicted octanol–water partition coefficient (Wildman–Crippen LogP) is 5.43. The number of fused-ring (bicyclic) bond motifs is 1. The molecule has 4 fully saturated rings. The summed E-state index contributed by atoms with van der Waals surface area (Å²) in [4.78, 5) is 46.2. The minimum absolute atomic E-state index is 0.00724. The molecule has 294 valence electrons. The number of hydrogen-bond acceptors (Lipinski definition) is 8. The van der Waals surface area contributed by atoms with E-state index >= 15 is 0 Å². The molecule has 0 bridgehead atoms. The highest BCUT2D eigenvalue weighted by Crippen LogP contribution is 2.57. The lowest BCUT2D eigenvalue weighted by atomic mass is 9.85. The van der Waals surface area contributed by atoms with Gasteiger partial charge in [-0.1, -0.05) is 50.6 Å². The molecule has 5 aliphatic rings. The molecule has 3 amide bonds. The van der Waals surface area contributed by atoms with Crippen LogP contribution in [0.5, 0.6) is 0 Å². The fourth-order valence-corrected chi connectivity index (χ4v) is 9.40. The van der Waals surface area contributed by atoms with Crippen LogP contribution in [0.15, 0.2) is 42.5 Å². The van der Waals surface area contributed by atoms with E-state index in [9.17, 15) is 36.0 Å². The normalized spacial score (nSPS) is 26.9. The number of hydrogen-bond donors (Lipinski definition) is 3. The molecule has 0 aromatic heterocycles. The summed E-state index contributed by atoms with van der Waals surface area (Å²) in [5, 5.41) is 6.59. The fraction of sp³-hybridized carbons (Fsp3) is 0.605. The Kier molecular flexibility index (Phi) is 9.83. The average molecular weight is 794 g/mol. The predicted molar refractivity (Wildman–Crippen MR) is 195 cm³/mol. The van der Waals surface area contributed by atoms with E-state index in [1.807, 2.05) is 23.1 Å². The Morgan fingerprint density at radius 1 is 1.06 bits per heavy atom. The first kappa shape index (κ1) is 38.9. The van der Waals surface area contributed by atoms with Crippen molar-refractivity contribution >= 4 is 45.0 Å². The van der Waals surface area contributed by atoms with Crippen molar-refractivity contribution < 1.29 is 40.7 Å². The van der Waals surface area contributed by atoms with Gasteiger partial charge in [0.15, 0.2) is 0 Å². The minimum atomic E-state index is -4.59. The Morgan fingerprint density at radius 2 is 1.76 bits per heavy atom. The molecule has 3 saturated carbocycles. The number of benzene rings is 2. The molecule has 11 nitrogen and oxygen atoms in total. The Labute approximate surface area is 318 Å². The van der Waals surface area contributed by atoms with Crippen molar-refractivity contribution in [3.8, 4) is 0 Å². The standard InChI is InChI=1S/C38H47ClF3N5O6S/c1-35(2,3)31(43-25-9-6-8-24(15-25)38(40,41)42)33(49)47-19-26(53-21-46-18-23-7-5-10-29(39)27(23)20-46)16-30(47)32(48)44-37(17-28(37)22-11-12-22)34(50)45-54(51,52)36(4)13-14-36/h5-10,15,22,26,28,30-31,43H,11-14,16-21H2,1-4H3,(H,44,48)(H,45,50). The van der Waals surface area contributed by atoms with Gasteiger partial charge in [0.2, 0.25) is 21.8 Å². The van der Waals surface area contributed by atoms with Crippen LogP contribution in [0.3, 0.4) is 0 Å². The lowest BCUT2D eigenvalue weighted by Gasteiger charge is -2.36. The number of halogens is 4. The topological polar surface area (TPSA) is 137 Å². The van der Waals surface area contributed by atoms with Crippen LogP contribution >= 0.6 is 11.6 Å². The molecule has 2 aromatic rings. The Hall–Kier alpha value is -3.40. The molecule has 5 atom stereocenters. The maximum Gasteiger partial charge on any atom is 0.416 e. The SMILES string of the molecule is CC(C)(C)C(Nc1cccc(C(F)(F)F)c1)C(=O)N1CC(OCN2Cc3cccc(Cl)c3C2)CC1C(=O)NC1(C(=O)NS(=O)(=O)C2(C)CC2)CC1C1CC1. The quantitative estimate of drug-likeness (QED) is 0.259. The number of ether oxygens (including phenoxy) is 1. The summed E-state index contributed by atoms with van der Waals surface area (Å²) in [7, 11) is -3.98. The molecular formula is C38H47ClF3N5O6S. The molecule has 5 unspecified atom stereocenters. The third-order valence-corrected chi connectivity index (χ3v) is 14.2. The molecule has 54 heavy (non-hydrogen) atoms. The zero-order valence-electron chi connectivity index (χ0n) is 30.8. The summed E-state index contributed by atoms with van der Waals surface area (Å²) in [5.74, 6) is -1.98. The van der Waals surface area contributed by atoms with Crippen LogP contribution < -0.4 is 15.4 Å². The average Bonchev–Trinajstić information content (AvgIpc) is 4.04. The van der Waals surface area contributed by atoms with Gasteiger partial charge in [-0.25, -0.2) is 8.42 Å². The number of amides is 3. The second-order valence-electron chi connectivity index (χ2n) is 17.0. The van der Waals surface area contributed by atoms with E-state index in [2.05, 4.69) is 15.4 Å². The summed E-state index contributed by atoms with van der Waals surface area (Å²) < 4.78 is 74.6. The third kappa shape index (κ3) is 7.70. The summed E-state index contributed by atoms with van der Waals surface area (Å²) in [5.41, 5.74) is -0.965. The number of nitrogens with zero attached hydrogens (tertiary/aromatic N) is 2. The summed E-state index contributed by atoms with van der Waals surface area (Å²) in [6.07, 6.45) is -2.24. The maximum atomic E-state index is 14.6. The van der Waals surface area contributed by atoms with Crippen LogP contribution in [0.2, 0.25) is 5.02 Å². The van der Waals surface area contributed by atoms with Crippen LogP contribution in [0.25, 0.3) is 0 Å². The van der Waals surface area contributed by atoms with Crippen molar-refractivity contribution in [2.45, 2.75) is 114 Å². The van der Waals surface area contributed by atoms with Gasteiger partial charge in [-0.15, -0.1) is 0 Å². The zero-order valence-corrected chi connectivity index (χ0v) is 32.3. The highest BCUT2D eigenvalue weighted by Gasteiger charge is 2.67. The first-order chi connectivity index (χ1) is 25.2. The highest BCUT2D eigenvalue weighted by molar-refractivity contribution is 7.91. The second kappa shape index (κ2) is 13.7. The summed E-state index contributed by atoms with van der Waals surface area (Å²) >= 11 is 6.42. The van der Waals surface area contributed by atoms with Gasteiger partial charge >= 0.3 is 6.18 Å². The van der Waals surface area contributed by atoms with Gasteiger partial charge < -0.3 is 20.3 Å². The van der Waals surface area contributed by atoms with Gasteiger partial charge in [-0.2, -0.15) is 13.2 Å². The molecule has 7 rings (SSSR count). The molecule has 3 N–H and O–H groups in total. The van der Waals surface area contributed by atoms with E-state index in [4.69, 9.17) is 16.3 Å². The molecule has 0 radical (unpaired) electrons. The Balaban J connectivity index is 1.13. The molecule has 16 heteroatoms. The molecule has 2 aromatic carbocycles. The van der Waals surface area contributed by atoms with Gasteiger partial charge in [0.1, 0.15) is 24.4 Å². The first-order valence-electron chi connectivity index (χ1n) is 18.4. The van der Waals surface area contributed by atoms with Gasteiger partial charge in [-0.05, 0) is 91.7 Å². The number of anilines is 1. The van der Waals surface area contributed by atoms with Gasteiger partial charge in [0.05, 0.1) is 16.4 Å². The molecule has 2 heterocycles. The third-order valence-electron chi connectivity index (χ3n) is 11.7. The van der Waals surface area contributed by atoms with E-state index in [0.717, 1.165) is 36.1 Å². The Morgan fingerprint density at radius 3 is 2.39 bits per heavy atom. The lowest BCUT2D eigenvalue weighted by molar-refractivity contribution is -0.141. The Bertz CT molecular complexity index is 1950. The van der Waals surface area contributed by atoms with Crippen LogP contribution in [0.1, 0.15) is 82.9 Å². The second-order valence-corrected chi connectivity index (χ2v) is 19.6. The van der Waals surface area contributed by atoms with Gasteiger partial charge in [-0.3, -0.25) is 24.0 Å². The number of sulfonamides is 1. The minimum Gasteiger partial charge on any atom is -0.373 e. The number of rotatable bonds is 12. The number of likely N-dealkylation sites (tertiary alicyclic amines) is 1. The van der Waals surface area contributed by atoms with Crippen molar-refractivity contribution in [3.05, 3.63) is 64.2 Å². The first-order valence-corrected chi connectivity index (χ1v) is 20.3. The number of carbonyl (C=O) groups excluding carboxylic acids is 3. The fourth-order valence-electron chi connectivity index (χ4n) is 7.83. The molecule has 1 saturated heterocycles. The van der Waals surface area contributed by atoms with E-state index in [1.165, 1.54) is 17.0 Å². The monoisotopic (exact) mass is 793 g/mol. The summed E-state index contributed by atoms with van der Waals surface area (Å²) in [6, 6.07) is 8.14. The highest BCUT2D eigenvalue weighted by atomic mass is 35.5. The summed E-state index contributed by atoms with van der Waals surface area (Å²) in [6.45, 7) is 8.25. The number of alkyl halides is 3. The van der Waals surface area contributed by atoms with E-state index < -0.39 is 73.4 Å². The van der Waals surface area contributed by atoms with E-state index in [1.54, 1.807) is 27.7 Å². The smallest absolute Gasteiger partial charge is 0.373 e. The van der Waals surface area contributed by atoms with Crippen LogP contribution in [0.4, 0.5) is 18.9 Å². The molecular weight excluding hydrogens is 747 g/mol. The van der Waals surface area contributed by atoms with Gasteiger partial charge in [0.25, 0.3) is 5.91 Å².